The average Bonchev–Trinajstić information content (AvgIpc) is 3.01. The van der Waals surface area contributed by atoms with Crippen LogP contribution in [0.25, 0.3) is 0 Å². The molecule has 146 valence electrons. The van der Waals surface area contributed by atoms with E-state index in [4.69, 9.17) is 0 Å². The Bertz CT molecular complexity index is 785. The largest absolute Gasteiger partial charge is 0.435 e. The molecule has 1 aliphatic heterocycles. The molecule has 0 amide bonds. The Kier molecular flexibility index (Phi) is 5.27. The van der Waals surface area contributed by atoms with E-state index in [1.54, 1.807) is 0 Å². The van der Waals surface area contributed by atoms with E-state index in [1.165, 1.54) is 0 Å². The molecule has 10 heteroatoms. The highest BCUT2D eigenvalue weighted by molar-refractivity contribution is 5.38. The first-order valence-electron chi connectivity index (χ1n) is 8.26. The first kappa shape index (κ1) is 19.4. The van der Waals surface area contributed by atoms with Gasteiger partial charge in [0.1, 0.15) is 5.82 Å². The van der Waals surface area contributed by atoms with Crippen LogP contribution in [0, 0.1) is 17.5 Å². The lowest BCUT2D eigenvalue weighted by molar-refractivity contribution is -0.141. The van der Waals surface area contributed by atoms with E-state index < -0.39 is 35.4 Å². The lowest BCUT2D eigenvalue weighted by Crippen LogP contribution is -2.32. The fraction of sp³-hybridized carbons (Fsp3) is 0.412. The molecular formula is C17H16F6N4. The smallest absolute Gasteiger partial charge is 0.364 e. The van der Waals surface area contributed by atoms with Crippen LogP contribution in [-0.2, 0) is 6.18 Å². The van der Waals surface area contributed by atoms with Gasteiger partial charge < -0.3 is 5.32 Å². The van der Waals surface area contributed by atoms with Gasteiger partial charge in [-0.25, -0.2) is 13.2 Å². The number of rotatable bonds is 4. The van der Waals surface area contributed by atoms with Crippen molar-refractivity contribution in [3.05, 3.63) is 53.0 Å². The lowest BCUT2D eigenvalue weighted by Gasteiger charge is -2.28. The van der Waals surface area contributed by atoms with Crippen molar-refractivity contribution in [3.63, 3.8) is 0 Å². The maximum Gasteiger partial charge on any atom is 0.435 e. The van der Waals surface area contributed by atoms with Crippen LogP contribution in [-0.4, -0.2) is 34.2 Å². The van der Waals surface area contributed by atoms with Gasteiger partial charge >= 0.3 is 6.18 Å². The number of likely N-dealkylation sites (tertiary alicyclic amines) is 1. The molecule has 1 aromatic heterocycles. The van der Waals surface area contributed by atoms with E-state index in [-0.39, 0.29) is 17.4 Å². The third kappa shape index (κ3) is 4.00. The van der Waals surface area contributed by atoms with Gasteiger partial charge in [0, 0.05) is 12.6 Å². The van der Waals surface area contributed by atoms with Crippen LogP contribution in [0.4, 0.5) is 32.2 Å². The molecule has 27 heavy (non-hydrogen) atoms. The summed E-state index contributed by atoms with van der Waals surface area (Å²) in [4.78, 5) is 1.93. The number of alkyl halides is 3. The summed E-state index contributed by atoms with van der Waals surface area (Å²) in [5.74, 6) is -4.01. The third-order valence-corrected chi connectivity index (χ3v) is 4.54. The van der Waals surface area contributed by atoms with Crippen LogP contribution in [0.1, 0.15) is 30.6 Å². The Balaban J connectivity index is 1.86. The second kappa shape index (κ2) is 7.34. The van der Waals surface area contributed by atoms with E-state index in [0.29, 0.717) is 19.5 Å². The molecule has 1 aliphatic rings. The van der Waals surface area contributed by atoms with Gasteiger partial charge in [-0.3, -0.25) is 4.90 Å². The monoisotopic (exact) mass is 390 g/mol. The Morgan fingerprint density at radius 1 is 1.11 bits per heavy atom. The quantitative estimate of drug-likeness (QED) is 0.629. The molecule has 1 saturated heterocycles. The fourth-order valence-electron chi connectivity index (χ4n) is 3.30. The van der Waals surface area contributed by atoms with Crippen LogP contribution in [0.2, 0.25) is 0 Å². The molecule has 1 fully saturated rings. The van der Waals surface area contributed by atoms with Crippen molar-refractivity contribution in [2.45, 2.75) is 31.6 Å². The second-order valence-corrected chi connectivity index (χ2v) is 6.21. The van der Waals surface area contributed by atoms with Gasteiger partial charge in [0.05, 0.1) is 6.04 Å². The Morgan fingerprint density at radius 2 is 1.78 bits per heavy atom. The summed E-state index contributed by atoms with van der Waals surface area (Å²) in [6.07, 6.45) is -4.04. The normalized spacial score (nSPS) is 20.9. The number of nitrogens with one attached hydrogen (secondary N) is 1. The first-order chi connectivity index (χ1) is 12.7. The standard InChI is InChI=1S/C17H16F6N4/c1-2-27-6-5-12(16(27)9-7-10(18)15(20)11(19)8-9)24-14-4-3-13(25-26-14)17(21,22)23/h3-4,7-8,12,16H,2,5-6H2,1H3,(H,24,26). The average molecular weight is 390 g/mol. The molecule has 0 aliphatic carbocycles. The molecule has 2 unspecified atom stereocenters. The van der Waals surface area contributed by atoms with Crippen molar-refractivity contribution in [2.24, 2.45) is 0 Å². The summed E-state index contributed by atoms with van der Waals surface area (Å²) in [5, 5.41) is 9.64. The third-order valence-electron chi connectivity index (χ3n) is 4.54. The number of anilines is 1. The molecule has 2 heterocycles. The van der Waals surface area contributed by atoms with Gasteiger partial charge in [-0.05, 0) is 42.8 Å². The van der Waals surface area contributed by atoms with Gasteiger partial charge in [-0.1, -0.05) is 6.92 Å². The van der Waals surface area contributed by atoms with E-state index in [1.807, 2.05) is 11.8 Å². The number of aromatic nitrogens is 2. The molecule has 0 saturated carbocycles. The molecule has 3 rings (SSSR count). The molecule has 4 nitrogen and oxygen atoms in total. The summed E-state index contributed by atoms with van der Waals surface area (Å²) < 4.78 is 78.3. The van der Waals surface area contributed by atoms with Crippen LogP contribution in [0.3, 0.4) is 0 Å². The van der Waals surface area contributed by atoms with E-state index in [9.17, 15) is 26.3 Å². The molecular weight excluding hydrogens is 374 g/mol. The lowest BCUT2D eigenvalue weighted by atomic mass is 9.99. The van der Waals surface area contributed by atoms with Crippen molar-refractivity contribution in [3.8, 4) is 0 Å². The van der Waals surface area contributed by atoms with Crippen LogP contribution in [0.15, 0.2) is 24.3 Å². The minimum atomic E-state index is -4.59. The molecule has 2 atom stereocenters. The van der Waals surface area contributed by atoms with Crippen LogP contribution < -0.4 is 5.32 Å². The molecule has 0 spiro atoms. The minimum absolute atomic E-state index is 0.110. The molecule has 2 aromatic rings. The summed E-state index contributed by atoms with van der Waals surface area (Å²) in [5.41, 5.74) is -0.878. The maximum absolute atomic E-state index is 13.7. The predicted molar refractivity (Wildman–Crippen MR) is 85.4 cm³/mol. The zero-order valence-electron chi connectivity index (χ0n) is 14.2. The zero-order valence-corrected chi connectivity index (χ0v) is 14.2. The summed E-state index contributed by atoms with van der Waals surface area (Å²) in [7, 11) is 0. The van der Waals surface area contributed by atoms with E-state index in [2.05, 4.69) is 15.5 Å². The highest BCUT2D eigenvalue weighted by Gasteiger charge is 2.36. The highest BCUT2D eigenvalue weighted by atomic mass is 19.4. The number of benzene rings is 1. The zero-order chi connectivity index (χ0) is 19.8. The number of nitrogens with zero attached hydrogens (tertiary/aromatic N) is 3. The fourth-order valence-corrected chi connectivity index (χ4v) is 3.30. The van der Waals surface area contributed by atoms with Crippen molar-refractivity contribution in [2.75, 3.05) is 18.4 Å². The second-order valence-electron chi connectivity index (χ2n) is 6.21. The van der Waals surface area contributed by atoms with Crippen LogP contribution >= 0.6 is 0 Å². The molecule has 0 radical (unpaired) electrons. The van der Waals surface area contributed by atoms with Crippen molar-refractivity contribution in [1.82, 2.24) is 15.1 Å². The maximum atomic E-state index is 13.7. The van der Waals surface area contributed by atoms with Gasteiger partial charge in [-0.15, -0.1) is 10.2 Å². The number of halogens is 6. The van der Waals surface area contributed by atoms with Gasteiger partial charge in [0.2, 0.25) is 0 Å². The van der Waals surface area contributed by atoms with Crippen molar-refractivity contribution < 1.29 is 26.3 Å². The van der Waals surface area contributed by atoms with Crippen molar-refractivity contribution >= 4 is 5.82 Å². The van der Waals surface area contributed by atoms with E-state index >= 15 is 0 Å². The molecule has 1 aromatic carbocycles. The predicted octanol–water partition coefficient (Wildman–Crippen LogP) is 4.16. The summed E-state index contributed by atoms with van der Waals surface area (Å²) in [6.45, 7) is 3.03. The Hall–Kier alpha value is -2.36. The molecule has 1 N–H and O–H groups in total. The minimum Gasteiger partial charge on any atom is -0.364 e. The topological polar surface area (TPSA) is 41.0 Å². The van der Waals surface area contributed by atoms with Gasteiger partial charge in [0.25, 0.3) is 0 Å². The van der Waals surface area contributed by atoms with Crippen molar-refractivity contribution in [1.29, 1.82) is 0 Å². The van der Waals surface area contributed by atoms with E-state index in [0.717, 1.165) is 24.3 Å². The number of hydrogen-bond acceptors (Lipinski definition) is 4. The Morgan fingerprint density at radius 3 is 2.30 bits per heavy atom. The van der Waals surface area contributed by atoms with Gasteiger partial charge in [0.15, 0.2) is 23.1 Å². The van der Waals surface area contributed by atoms with Crippen LogP contribution in [0.5, 0.6) is 0 Å². The first-order valence-corrected chi connectivity index (χ1v) is 8.26. The molecule has 0 bridgehead atoms. The van der Waals surface area contributed by atoms with Gasteiger partial charge in [-0.2, -0.15) is 13.2 Å². The highest BCUT2D eigenvalue weighted by Crippen LogP contribution is 2.35. The SMILES string of the molecule is CCN1CCC(Nc2ccc(C(F)(F)F)nn2)C1c1cc(F)c(F)c(F)c1. The summed E-state index contributed by atoms with van der Waals surface area (Å²) in [6, 6.07) is 2.93. The number of likely N-dealkylation sites (N-methyl/N-ethyl adjacent to an activating group) is 1. The Labute approximate surface area is 151 Å². The number of hydrogen-bond donors (Lipinski definition) is 1. The summed E-state index contributed by atoms with van der Waals surface area (Å²) >= 11 is 0.